The van der Waals surface area contributed by atoms with Gasteiger partial charge in [-0.15, -0.1) is 0 Å². The number of fused-ring (bicyclic) bond motifs is 1. The number of benzene rings is 1. The Kier molecular flexibility index (Phi) is 2.43. The molecule has 2 heterocycles. The molecule has 0 spiro atoms. The number of nitriles is 1. The van der Waals surface area contributed by atoms with Gasteiger partial charge in [0.15, 0.2) is 10.4 Å². The molecule has 0 amide bonds. The van der Waals surface area contributed by atoms with E-state index in [1.165, 1.54) is 0 Å². The van der Waals surface area contributed by atoms with E-state index in [1.807, 2.05) is 28.8 Å². The molecule has 3 rings (SSSR count). The highest BCUT2D eigenvalue weighted by Crippen LogP contribution is 2.17. The topological polar surface area (TPSA) is 57.4 Å². The van der Waals surface area contributed by atoms with Crippen LogP contribution in [0.25, 0.3) is 16.9 Å². The second-order valence-electron chi connectivity index (χ2n) is 3.80. The zero-order valence-corrected chi connectivity index (χ0v) is 10.1. The maximum atomic E-state index is 8.79. The van der Waals surface area contributed by atoms with Crippen LogP contribution >= 0.6 is 12.2 Å². The largest absolute Gasteiger partial charge is 0.329 e. The minimum atomic E-state index is 0.591. The van der Waals surface area contributed by atoms with Crippen LogP contribution in [0.1, 0.15) is 5.56 Å². The minimum absolute atomic E-state index is 0.591. The predicted octanol–water partition coefficient (Wildman–Crippen LogP) is 2.95. The third-order valence-electron chi connectivity index (χ3n) is 2.70. The molecular weight excluding hydrogens is 244 g/mol. The lowest BCUT2D eigenvalue weighted by molar-refractivity contribution is 1.04. The molecule has 3 aromatic rings. The van der Waals surface area contributed by atoms with Crippen molar-refractivity contribution in [1.82, 2.24) is 14.5 Å². The van der Waals surface area contributed by atoms with Gasteiger partial charge in [0.1, 0.15) is 0 Å². The van der Waals surface area contributed by atoms with E-state index in [0.717, 1.165) is 16.9 Å². The Morgan fingerprint density at radius 3 is 2.72 bits per heavy atom. The average Bonchev–Trinajstić information content (AvgIpc) is 2.75. The second kappa shape index (κ2) is 4.09. The molecular formula is C13H8N4S. The monoisotopic (exact) mass is 252 g/mol. The lowest BCUT2D eigenvalue weighted by atomic mass is 10.2. The Bertz CT molecular complexity index is 805. The third-order valence-corrected chi connectivity index (χ3v) is 2.98. The fraction of sp³-hybridized carbons (Fsp3) is 0. The Balaban J connectivity index is 2.28. The van der Waals surface area contributed by atoms with Crippen LogP contribution in [0.2, 0.25) is 0 Å². The summed E-state index contributed by atoms with van der Waals surface area (Å²) in [6.07, 6.45) is 1.73. The van der Waals surface area contributed by atoms with E-state index >= 15 is 0 Å². The molecule has 2 aromatic heterocycles. The number of nitrogens with zero attached hydrogens (tertiary/aromatic N) is 3. The van der Waals surface area contributed by atoms with Gasteiger partial charge in [0.05, 0.1) is 17.1 Å². The smallest absolute Gasteiger partial charge is 0.183 e. The molecule has 0 radical (unpaired) electrons. The minimum Gasteiger partial charge on any atom is -0.329 e. The Morgan fingerprint density at radius 2 is 2.00 bits per heavy atom. The molecule has 0 aliphatic carbocycles. The summed E-state index contributed by atoms with van der Waals surface area (Å²) >= 11 is 5.30. The predicted molar refractivity (Wildman–Crippen MR) is 71.0 cm³/mol. The van der Waals surface area contributed by atoms with Gasteiger partial charge in [-0.05, 0) is 48.6 Å². The first-order chi connectivity index (χ1) is 8.79. The highest BCUT2D eigenvalue weighted by atomic mass is 32.1. The highest BCUT2D eigenvalue weighted by molar-refractivity contribution is 7.71. The number of hydrogen-bond donors (Lipinski definition) is 1. The van der Waals surface area contributed by atoms with E-state index in [1.54, 1.807) is 18.3 Å². The summed E-state index contributed by atoms with van der Waals surface area (Å²) in [7, 11) is 0. The van der Waals surface area contributed by atoms with Crippen LogP contribution < -0.4 is 0 Å². The fourth-order valence-electron chi connectivity index (χ4n) is 1.86. The number of rotatable bonds is 1. The van der Waals surface area contributed by atoms with Crippen molar-refractivity contribution in [3.8, 4) is 11.8 Å². The van der Waals surface area contributed by atoms with Gasteiger partial charge in [-0.25, -0.2) is 4.98 Å². The highest BCUT2D eigenvalue weighted by Gasteiger charge is 2.06. The van der Waals surface area contributed by atoms with E-state index in [-0.39, 0.29) is 0 Å². The van der Waals surface area contributed by atoms with E-state index in [0.29, 0.717) is 10.3 Å². The molecule has 0 saturated heterocycles. The molecule has 0 bridgehead atoms. The summed E-state index contributed by atoms with van der Waals surface area (Å²) in [6.45, 7) is 0. The zero-order valence-electron chi connectivity index (χ0n) is 9.29. The van der Waals surface area contributed by atoms with Crippen molar-refractivity contribution in [2.45, 2.75) is 0 Å². The molecule has 0 fully saturated rings. The van der Waals surface area contributed by atoms with Gasteiger partial charge in [-0.2, -0.15) is 5.26 Å². The van der Waals surface area contributed by atoms with Gasteiger partial charge in [0.2, 0.25) is 0 Å². The molecule has 86 valence electrons. The van der Waals surface area contributed by atoms with Crippen LogP contribution in [0.4, 0.5) is 0 Å². The van der Waals surface area contributed by atoms with E-state index < -0.39 is 0 Å². The van der Waals surface area contributed by atoms with Crippen molar-refractivity contribution in [2.75, 3.05) is 0 Å². The van der Waals surface area contributed by atoms with Crippen molar-refractivity contribution >= 4 is 23.4 Å². The van der Waals surface area contributed by atoms with Crippen molar-refractivity contribution in [2.24, 2.45) is 0 Å². The van der Waals surface area contributed by atoms with E-state index in [4.69, 9.17) is 17.5 Å². The molecule has 0 saturated carbocycles. The Morgan fingerprint density at radius 1 is 1.22 bits per heavy atom. The quantitative estimate of drug-likeness (QED) is 0.677. The Labute approximate surface area is 108 Å². The van der Waals surface area contributed by atoms with Crippen molar-refractivity contribution in [1.29, 1.82) is 5.26 Å². The van der Waals surface area contributed by atoms with Crippen LogP contribution in [-0.4, -0.2) is 14.5 Å². The first-order valence-corrected chi connectivity index (χ1v) is 5.77. The van der Waals surface area contributed by atoms with Gasteiger partial charge >= 0.3 is 0 Å². The van der Waals surface area contributed by atoms with Gasteiger partial charge < -0.3 is 4.98 Å². The van der Waals surface area contributed by atoms with Gasteiger partial charge in [0.25, 0.3) is 0 Å². The van der Waals surface area contributed by atoms with Crippen LogP contribution in [-0.2, 0) is 0 Å². The summed E-state index contributed by atoms with van der Waals surface area (Å²) in [6, 6.07) is 13.1. The van der Waals surface area contributed by atoms with Crippen LogP contribution in [0, 0.1) is 16.1 Å². The number of hydrogen-bond acceptors (Lipinski definition) is 3. The molecule has 0 atom stereocenters. The number of pyridine rings is 1. The van der Waals surface area contributed by atoms with Gasteiger partial charge in [-0.1, -0.05) is 0 Å². The fourth-order valence-corrected chi connectivity index (χ4v) is 2.17. The van der Waals surface area contributed by atoms with Crippen molar-refractivity contribution in [3.05, 3.63) is 52.9 Å². The molecule has 4 nitrogen and oxygen atoms in total. The Hall–Kier alpha value is -2.45. The average molecular weight is 252 g/mol. The summed E-state index contributed by atoms with van der Waals surface area (Å²) in [4.78, 5) is 7.43. The first-order valence-electron chi connectivity index (χ1n) is 5.36. The summed E-state index contributed by atoms with van der Waals surface area (Å²) in [5, 5.41) is 8.79. The molecule has 1 aromatic carbocycles. The summed E-state index contributed by atoms with van der Waals surface area (Å²) < 4.78 is 2.44. The normalized spacial score (nSPS) is 10.4. The maximum Gasteiger partial charge on any atom is 0.183 e. The molecule has 1 N–H and O–H groups in total. The van der Waals surface area contributed by atoms with Gasteiger partial charge in [0, 0.05) is 11.9 Å². The van der Waals surface area contributed by atoms with Crippen LogP contribution in [0.5, 0.6) is 0 Å². The molecule has 18 heavy (non-hydrogen) atoms. The van der Waals surface area contributed by atoms with E-state index in [2.05, 4.69) is 16.0 Å². The third kappa shape index (κ3) is 1.60. The maximum absolute atomic E-state index is 8.79. The van der Waals surface area contributed by atoms with Crippen LogP contribution in [0.15, 0.2) is 42.6 Å². The zero-order chi connectivity index (χ0) is 12.5. The molecule has 0 unspecified atom stereocenters. The number of H-pyrrole nitrogens is 1. The number of nitrogens with one attached hydrogen (secondary N) is 1. The van der Waals surface area contributed by atoms with E-state index in [9.17, 15) is 0 Å². The first kappa shape index (κ1) is 10.7. The number of imidazole rings is 1. The molecule has 5 heteroatoms. The SMILES string of the molecule is N#Cc1ccc(-n2c(=S)[nH]c3cccnc32)cc1. The van der Waals surface area contributed by atoms with Gasteiger partial charge in [-0.3, -0.25) is 4.57 Å². The lowest BCUT2D eigenvalue weighted by Crippen LogP contribution is -1.95. The van der Waals surface area contributed by atoms with Crippen molar-refractivity contribution in [3.63, 3.8) is 0 Å². The number of aromatic nitrogens is 3. The summed E-state index contributed by atoms with van der Waals surface area (Å²) in [5.41, 5.74) is 3.20. The molecule has 0 aliphatic heterocycles. The molecule has 0 aliphatic rings. The standard InChI is InChI=1S/C13H8N4S/c14-8-9-3-5-10(6-4-9)17-12-11(16-13(17)18)2-1-7-15-12/h1-7H,(H,16,18). The van der Waals surface area contributed by atoms with Crippen LogP contribution in [0.3, 0.4) is 0 Å². The number of aromatic amines is 1. The lowest BCUT2D eigenvalue weighted by Gasteiger charge is -2.03. The summed E-state index contributed by atoms with van der Waals surface area (Å²) in [5.74, 6) is 0. The second-order valence-corrected chi connectivity index (χ2v) is 4.19. The van der Waals surface area contributed by atoms with Crippen molar-refractivity contribution < 1.29 is 0 Å².